The first kappa shape index (κ1) is 18.9. The van der Waals surface area contributed by atoms with Crippen LogP contribution in [0.15, 0.2) is 36.5 Å². The molecule has 2 aliphatic rings. The molecule has 28 heavy (non-hydrogen) atoms. The van der Waals surface area contributed by atoms with Gasteiger partial charge < -0.3 is 15.0 Å². The van der Waals surface area contributed by atoms with Crippen LogP contribution in [0.5, 0.6) is 11.5 Å². The molecule has 0 unspecified atom stereocenters. The number of nitrogens with one attached hydrogen (secondary N) is 1. The fraction of sp³-hybridized carbons (Fsp3) is 0.455. The number of hydrogen-bond donors (Lipinski definition) is 1. The average molecular weight is 380 g/mol. The number of aromatic nitrogens is 1. The number of rotatable bonds is 6. The number of piperazine rings is 1. The summed E-state index contributed by atoms with van der Waals surface area (Å²) in [6.45, 7) is 6.17. The minimum Gasteiger partial charge on any atom is -0.455 e. The van der Waals surface area contributed by atoms with Crippen molar-refractivity contribution in [3.63, 3.8) is 0 Å². The maximum Gasteiger partial charge on any atom is 0.253 e. The summed E-state index contributed by atoms with van der Waals surface area (Å²) >= 11 is 0. The molecule has 2 fully saturated rings. The van der Waals surface area contributed by atoms with E-state index >= 15 is 0 Å². The number of nitrogens with zero attached hydrogens (tertiary/aromatic N) is 3. The van der Waals surface area contributed by atoms with Gasteiger partial charge in [-0.15, -0.1) is 0 Å². The Morgan fingerprint density at radius 3 is 2.61 bits per heavy atom. The minimum atomic E-state index is 0.108. The van der Waals surface area contributed by atoms with E-state index in [1.54, 1.807) is 6.20 Å². The lowest BCUT2D eigenvalue weighted by Gasteiger charge is -2.35. The van der Waals surface area contributed by atoms with Gasteiger partial charge in [0.25, 0.3) is 5.91 Å². The summed E-state index contributed by atoms with van der Waals surface area (Å²) < 4.78 is 6.01. The SMILES string of the molecule is CNCc1cc(C(=O)N2CCN(C3CC3)CC2)ccc1Oc1ccc(C)nc1. The highest BCUT2D eigenvalue weighted by Gasteiger charge is 2.32. The van der Waals surface area contributed by atoms with Crippen LogP contribution in [0.4, 0.5) is 0 Å². The van der Waals surface area contributed by atoms with Crippen molar-refractivity contribution in [2.24, 2.45) is 0 Å². The monoisotopic (exact) mass is 380 g/mol. The van der Waals surface area contributed by atoms with Crippen molar-refractivity contribution in [2.45, 2.75) is 32.4 Å². The number of benzene rings is 1. The zero-order valence-corrected chi connectivity index (χ0v) is 16.6. The fourth-order valence-electron chi connectivity index (χ4n) is 3.69. The highest BCUT2D eigenvalue weighted by molar-refractivity contribution is 5.94. The third-order valence-electron chi connectivity index (χ3n) is 5.45. The summed E-state index contributed by atoms with van der Waals surface area (Å²) in [7, 11) is 1.89. The summed E-state index contributed by atoms with van der Waals surface area (Å²) in [4.78, 5) is 21.8. The standard InChI is InChI=1S/C22H28N4O2/c1-16-3-7-20(15-24-16)28-21-8-4-17(13-18(21)14-23-2)22(27)26-11-9-25(10-12-26)19-5-6-19/h3-4,7-8,13,15,19,23H,5-6,9-12,14H2,1-2H3. The number of aryl methyl sites for hydroxylation is 1. The Kier molecular flexibility index (Phi) is 5.59. The lowest BCUT2D eigenvalue weighted by molar-refractivity contribution is 0.0627. The molecule has 6 nitrogen and oxygen atoms in total. The summed E-state index contributed by atoms with van der Waals surface area (Å²) in [5.74, 6) is 1.55. The molecule has 2 heterocycles. The van der Waals surface area contributed by atoms with Gasteiger partial charge in [-0.3, -0.25) is 14.7 Å². The predicted octanol–water partition coefficient (Wildman–Crippen LogP) is 2.82. The van der Waals surface area contributed by atoms with Gasteiger partial charge in [0.15, 0.2) is 0 Å². The molecular formula is C22H28N4O2. The van der Waals surface area contributed by atoms with Crippen LogP contribution in [0.3, 0.4) is 0 Å². The molecule has 1 aromatic carbocycles. The van der Waals surface area contributed by atoms with E-state index in [-0.39, 0.29) is 5.91 Å². The molecule has 2 aromatic rings. The van der Waals surface area contributed by atoms with Crippen molar-refractivity contribution < 1.29 is 9.53 Å². The molecule has 0 radical (unpaired) electrons. The van der Waals surface area contributed by atoms with Gasteiger partial charge in [-0.25, -0.2) is 0 Å². The van der Waals surface area contributed by atoms with Crippen molar-refractivity contribution in [3.8, 4) is 11.5 Å². The lowest BCUT2D eigenvalue weighted by Crippen LogP contribution is -2.49. The van der Waals surface area contributed by atoms with E-state index in [0.717, 1.165) is 54.8 Å². The van der Waals surface area contributed by atoms with E-state index in [4.69, 9.17) is 4.74 Å². The molecule has 0 atom stereocenters. The summed E-state index contributed by atoms with van der Waals surface area (Å²) in [5.41, 5.74) is 2.63. The summed E-state index contributed by atoms with van der Waals surface area (Å²) in [5, 5.41) is 3.16. The van der Waals surface area contributed by atoms with Crippen LogP contribution in [-0.4, -0.2) is 60.0 Å². The summed E-state index contributed by atoms with van der Waals surface area (Å²) in [6, 6.07) is 10.3. The van der Waals surface area contributed by atoms with Gasteiger partial charge in [-0.1, -0.05) is 0 Å². The van der Waals surface area contributed by atoms with E-state index in [2.05, 4.69) is 15.2 Å². The van der Waals surface area contributed by atoms with Crippen LogP contribution < -0.4 is 10.1 Å². The van der Waals surface area contributed by atoms with Crippen LogP contribution >= 0.6 is 0 Å². The molecule has 1 saturated heterocycles. The molecule has 1 aliphatic carbocycles. The first-order chi connectivity index (χ1) is 13.6. The third kappa shape index (κ3) is 4.34. The van der Waals surface area contributed by atoms with Gasteiger partial charge in [0.1, 0.15) is 11.5 Å². The van der Waals surface area contributed by atoms with Crippen LogP contribution in [0.25, 0.3) is 0 Å². The maximum absolute atomic E-state index is 13.0. The first-order valence-corrected chi connectivity index (χ1v) is 10.1. The Morgan fingerprint density at radius 1 is 1.18 bits per heavy atom. The summed E-state index contributed by atoms with van der Waals surface area (Å²) in [6.07, 6.45) is 4.36. The zero-order valence-electron chi connectivity index (χ0n) is 16.6. The van der Waals surface area contributed by atoms with Crippen LogP contribution in [-0.2, 0) is 6.54 Å². The first-order valence-electron chi connectivity index (χ1n) is 10.1. The number of pyridine rings is 1. The molecule has 1 aromatic heterocycles. The molecule has 1 amide bonds. The minimum absolute atomic E-state index is 0.108. The number of hydrogen-bond acceptors (Lipinski definition) is 5. The van der Waals surface area contributed by atoms with Gasteiger partial charge in [-0.2, -0.15) is 0 Å². The lowest BCUT2D eigenvalue weighted by atomic mass is 10.1. The van der Waals surface area contributed by atoms with E-state index in [1.165, 1.54) is 12.8 Å². The number of carbonyl (C=O) groups excluding carboxylic acids is 1. The van der Waals surface area contributed by atoms with Gasteiger partial charge in [0.2, 0.25) is 0 Å². The van der Waals surface area contributed by atoms with E-state index in [0.29, 0.717) is 12.3 Å². The molecule has 1 saturated carbocycles. The normalized spacial score (nSPS) is 17.6. The Morgan fingerprint density at radius 2 is 1.96 bits per heavy atom. The quantitative estimate of drug-likeness (QED) is 0.835. The molecule has 4 rings (SSSR count). The molecule has 148 valence electrons. The van der Waals surface area contributed by atoms with Crippen LogP contribution in [0.2, 0.25) is 0 Å². The predicted molar refractivity (Wildman–Crippen MR) is 109 cm³/mol. The van der Waals surface area contributed by atoms with Gasteiger partial charge >= 0.3 is 0 Å². The zero-order chi connectivity index (χ0) is 19.5. The second-order valence-electron chi connectivity index (χ2n) is 7.65. The molecule has 0 bridgehead atoms. The highest BCUT2D eigenvalue weighted by atomic mass is 16.5. The van der Waals surface area contributed by atoms with Crippen LogP contribution in [0.1, 0.15) is 34.5 Å². The van der Waals surface area contributed by atoms with Gasteiger partial charge in [-0.05, 0) is 57.1 Å². The largest absolute Gasteiger partial charge is 0.455 e. The Hall–Kier alpha value is -2.44. The third-order valence-corrected chi connectivity index (χ3v) is 5.45. The average Bonchev–Trinajstić information content (AvgIpc) is 3.56. The van der Waals surface area contributed by atoms with Crippen molar-refractivity contribution in [3.05, 3.63) is 53.3 Å². The molecule has 1 N–H and O–H groups in total. The van der Waals surface area contributed by atoms with Crippen molar-refractivity contribution in [1.82, 2.24) is 20.1 Å². The Labute approximate surface area is 166 Å². The van der Waals surface area contributed by atoms with E-state index < -0.39 is 0 Å². The maximum atomic E-state index is 13.0. The molecule has 1 aliphatic heterocycles. The van der Waals surface area contributed by atoms with Gasteiger partial charge in [0.05, 0.1) is 6.20 Å². The second-order valence-corrected chi connectivity index (χ2v) is 7.65. The van der Waals surface area contributed by atoms with Crippen molar-refractivity contribution in [2.75, 3.05) is 33.2 Å². The van der Waals surface area contributed by atoms with E-state index in [1.807, 2.05) is 49.2 Å². The van der Waals surface area contributed by atoms with Crippen LogP contribution in [0, 0.1) is 6.92 Å². The van der Waals surface area contributed by atoms with E-state index in [9.17, 15) is 4.79 Å². The molecule has 6 heteroatoms. The highest BCUT2D eigenvalue weighted by Crippen LogP contribution is 2.29. The number of amides is 1. The number of ether oxygens (including phenoxy) is 1. The number of carbonyl (C=O) groups is 1. The molecule has 0 spiro atoms. The van der Waals surface area contributed by atoms with Gasteiger partial charge in [0, 0.05) is 55.6 Å². The smallest absolute Gasteiger partial charge is 0.253 e. The van der Waals surface area contributed by atoms with Crippen molar-refractivity contribution >= 4 is 5.91 Å². The van der Waals surface area contributed by atoms with Crippen molar-refractivity contribution in [1.29, 1.82) is 0 Å². The Balaban J connectivity index is 1.47. The Bertz CT molecular complexity index is 825. The second kappa shape index (κ2) is 8.29. The fourth-order valence-corrected chi connectivity index (χ4v) is 3.69. The topological polar surface area (TPSA) is 57.7 Å². The molecular weight excluding hydrogens is 352 g/mol.